The van der Waals surface area contributed by atoms with Crippen molar-refractivity contribution in [2.24, 2.45) is 10.7 Å². The van der Waals surface area contributed by atoms with Crippen molar-refractivity contribution in [3.63, 3.8) is 0 Å². The van der Waals surface area contributed by atoms with Gasteiger partial charge in [-0.25, -0.2) is 9.50 Å². The van der Waals surface area contributed by atoms with E-state index in [2.05, 4.69) is 21.8 Å². The van der Waals surface area contributed by atoms with E-state index in [4.69, 9.17) is 5.73 Å². The maximum Gasteiger partial charge on any atom is 0.252 e. The Morgan fingerprint density at radius 2 is 2.14 bits per heavy atom. The van der Waals surface area contributed by atoms with Gasteiger partial charge in [0.05, 0.1) is 17.3 Å². The minimum absolute atomic E-state index is 0.194. The zero-order valence-corrected chi connectivity index (χ0v) is 10.8. The quantitative estimate of drug-likeness (QED) is 0.589. The number of primary amides is 1. The number of carbonyl (C=O) groups is 1. The van der Waals surface area contributed by atoms with Gasteiger partial charge in [0.15, 0.2) is 0 Å². The molecule has 2 N–H and O–H groups in total. The number of nitrogens with two attached hydrogens (primary N) is 1. The Labute approximate surface area is 118 Å². The molecule has 7 heteroatoms. The van der Waals surface area contributed by atoms with Crippen LogP contribution in [0.2, 0.25) is 0 Å². The monoisotopic (exact) mass is 283 g/mol. The first-order valence-electron chi connectivity index (χ1n) is 6.00. The maximum atomic E-state index is 12.9. The van der Waals surface area contributed by atoms with E-state index >= 15 is 0 Å². The van der Waals surface area contributed by atoms with Crippen molar-refractivity contribution < 1.29 is 9.18 Å². The van der Waals surface area contributed by atoms with Gasteiger partial charge >= 0.3 is 0 Å². The Balaban J connectivity index is 2.22. The second kappa shape index (κ2) is 4.78. The Morgan fingerprint density at radius 1 is 1.33 bits per heavy atom. The Kier molecular flexibility index (Phi) is 2.94. The van der Waals surface area contributed by atoms with Gasteiger partial charge in [0.2, 0.25) is 5.95 Å². The van der Waals surface area contributed by atoms with Gasteiger partial charge in [0, 0.05) is 23.5 Å². The third-order valence-electron chi connectivity index (χ3n) is 3.09. The van der Waals surface area contributed by atoms with E-state index in [1.54, 1.807) is 22.8 Å². The van der Waals surface area contributed by atoms with Crippen molar-refractivity contribution in [2.75, 3.05) is 0 Å². The minimum Gasteiger partial charge on any atom is -0.365 e. The number of aliphatic imine (C=N–C) groups is 1. The molecule has 0 radical (unpaired) electrons. The molecule has 1 amide bonds. The van der Waals surface area contributed by atoms with E-state index in [1.165, 1.54) is 18.5 Å². The summed E-state index contributed by atoms with van der Waals surface area (Å²) in [5, 5.41) is 4.11. The third-order valence-corrected chi connectivity index (χ3v) is 3.09. The van der Waals surface area contributed by atoms with Crippen LogP contribution in [0, 0.1) is 5.95 Å². The van der Waals surface area contributed by atoms with E-state index in [0.29, 0.717) is 11.2 Å². The minimum atomic E-state index is -0.626. The third kappa shape index (κ3) is 2.14. The summed E-state index contributed by atoms with van der Waals surface area (Å²) in [6.07, 6.45) is 4.48. The average Bonchev–Trinajstić information content (AvgIpc) is 2.90. The molecule has 104 valence electrons. The summed E-state index contributed by atoms with van der Waals surface area (Å²) in [6, 6.07) is 4.64. The first-order valence-corrected chi connectivity index (χ1v) is 6.00. The summed E-state index contributed by atoms with van der Waals surface area (Å²) >= 11 is 0. The van der Waals surface area contributed by atoms with Crippen LogP contribution in [0.25, 0.3) is 16.6 Å². The van der Waals surface area contributed by atoms with Gasteiger partial charge in [-0.05, 0) is 24.9 Å². The van der Waals surface area contributed by atoms with Crippen molar-refractivity contribution in [1.82, 2.24) is 14.6 Å². The molecule has 3 rings (SSSR count). The van der Waals surface area contributed by atoms with E-state index in [-0.39, 0.29) is 5.56 Å². The molecule has 0 saturated carbocycles. The number of pyridine rings is 1. The van der Waals surface area contributed by atoms with Crippen LogP contribution < -0.4 is 5.73 Å². The summed E-state index contributed by atoms with van der Waals surface area (Å²) in [6.45, 7) is 3.46. The van der Waals surface area contributed by atoms with Crippen LogP contribution >= 0.6 is 0 Å². The smallest absolute Gasteiger partial charge is 0.252 e. The second-order valence-corrected chi connectivity index (χ2v) is 4.36. The lowest BCUT2D eigenvalue weighted by Gasteiger charge is -2.02. The predicted molar refractivity (Wildman–Crippen MR) is 76.1 cm³/mol. The highest BCUT2D eigenvalue weighted by Gasteiger charge is 2.14. The van der Waals surface area contributed by atoms with Crippen LogP contribution in [0.15, 0.2) is 41.8 Å². The summed E-state index contributed by atoms with van der Waals surface area (Å²) in [7, 11) is 0. The largest absolute Gasteiger partial charge is 0.365 e. The van der Waals surface area contributed by atoms with Crippen LogP contribution in [0.1, 0.15) is 10.4 Å². The van der Waals surface area contributed by atoms with Gasteiger partial charge in [-0.15, -0.1) is 0 Å². The van der Waals surface area contributed by atoms with Gasteiger partial charge in [0.1, 0.15) is 5.69 Å². The molecule has 21 heavy (non-hydrogen) atoms. The van der Waals surface area contributed by atoms with Gasteiger partial charge in [-0.2, -0.15) is 9.49 Å². The van der Waals surface area contributed by atoms with Crippen LogP contribution in [-0.2, 0) is 0 Å². The molecule has 0 aliphatic heterocycles. The highest BCUT2D eigenvalue weighted by molar-refractivity contribution is 6.01. The molecule has 0 bridgehead atoms. The SMILES string of the molecule is C=Nc1c(C(N)=O)cnn2cc(-c3ccc(F)nc3)cc12. The van der Waals surface area contributed by atoms with E-state index in [0.717, 1.165) is 11.1 Å². The summed E-state index contributed by atoms with van der Waals surface area (Å²) in [5.41, 5.74) is 7.91. The van der Waals surface area contributed by atoms with Crippen molar-refractivity contribution >= 4 is 23.8 Å². The number of aromatic nitrogens is 3. The molecule has 0 atom stereocenters. The number of fused-ring (bicyclic) bond motifs is 1. The summed E-state index contributed by atoms with van der Waals surface area (Å²) in [4.78, 5) is 18.8. The van der Waals surface area contributed by atoms with Crippen LogP contribution in [-0.4, -0.2) is 27.2 Å². The fourth-order valence-electron chi connectivity index (χ4n) is 2.09. The average molecular weight is 283 g/mol. The first-order chi connectivity index (χ1) is 10.1. The molecule has 0 aliphatic rings. The number of hydrogen-bond donors (Lipinski definition) is 1. The summed E-state index contributed by atoms with van der Waals surface area (Å²) in [5.74, 6) is -1.18. The second-order valence-electron chi connectivity index (χ2n) is 4.36. The van der Waals surface area contributed by atoms with Crippen LogP contribution in [0.4, 0.5) is 10.1 Å². The number of amides is 1. The predicted octanol–water partition coefficient (Wildman–Crippen LogP) is 1.97. The molecule has 0 aliphatic carbocycles. The fourth-order valence-corrected chi connectivity index (χ4v) is 2.09. The van der Waals surface area contributed by atoms with Gasteiger partial charge < -0.3 is 5.73 Å². The van der Waals surface area contributed by atoms with E-state index in [9.17, 15) is 9.18 Å². The lowest BCUT2D eigenvalue weighted by molar-refractivity contribution is 0.100. The molecular formula is C14H10FN5O. The maximum absolute atomic E-state index is 12.9. The Bertz CT molecular complexity index is 854. The highest BCUT2D eigenvalue weighted by atomic mass is 19.1. The fraction of sp³-hybridized carbons (Fsp3) is 0. The highest BCUT2D eigenvalue weighted by Crippen LogP contribution is 2.29. The van der Waals surface area contributed by atoms with Crippen LogP contribution in [0.5, 0.6) is 0 Å². The van der Waals surface area contributed by atoms with Crippen molar-refractivity contribution in [3.8, 4) is 11.1 Å². The molecule has 0 spiro atoms. The van der Waals surface area contributed by atoms with Gasteiger partial charge in [-0.1, -0.05) is 0 Å². The van der Waals surface area contributed by atoms with Crippen molar-refractivity contribution in [2.45, 2.75) is 0 Å². The van der Waals surface area contributed by atoms with E-state index < -0.39 is 11.9 Å². The zero-order valence-electron chi connectivity index (χ0n) is 10.8. The lowest BCUT2D eigenvalue weighted by atomic mass is 10.1. The van der Waals surface area contributed by atoms with Gasteiger partial charge in [-0.3, -0.25) is 9.79 Å². The molecule has 3 heterocycles. The Morgan fingerprint density at radius 3 is 2.76 bits per heavy atom. The standard InChI is InChI=1S/C14H10FN5O/c1-17-13-10(14(16)21)6-19-20-7-9(4-11(13)20)8-2-3-12(15)18-5-8/h2-7H,1H2,(H2,16,21). The number of rotatable bonds is 3. The number of halogens is 1. The number of carbonyl (C=O) groups excluding carboxylic acids is 1. The van der Waals surface area contributed by atoms with E-state index in [1.807, 2.05) is 0 Å². The first kappa shape index (κ1) is 12.9. The molecular weight excluding hydrogens is 273 g/mol. The van der Waals surface area contributed by atoms with Crippen molar-refractivity contribution in [3.05, 3.63) is 48.3 Å². The molecule has 0 unspecified atom stereocenters. The lowest BCUT2D eigenvalue weighted by Crippen LogP contribution is -2.12. The van der Waals surface area contributed by atoms with Gasteiger partial charge in [0.25, 0.3) is 5.91 Å². The molecule has 0 saturated heterocycles. The van der Waals surface area contributed by atoms with Crippen molar-refractivity contribution in [1.29, 1.82) is 0 Å². The van der Waals surface area contributed by atoms with Crippen LogP contribution in [0.3, 0.4) is 0 Å². The number of nitrogens with zero attached hydrogens (tertiary/aromatic N) is 4. The summed E-state index contributed by atoms with van der Waals surface area (Å²) < 4.78 is 14.4. The molecule has 0 aromatic carbocycles. The molecule has 3 aromatic rings. The normalized spacial score (nSPS) is 10.7. The molecule has 3 aromatic heterocycles. The zero-order chi connectivity index (χ0) is 15.0. The Hall–Kier alpha value is -3.09. The molecule has 6 nitrogen and oxygen atoms in total. The topological polar surface area (TPSA) is 85.6 Å². The number of hydrogen-bond acceptors (Lipinski definition) is 4. The molecule has 0 fully saturated rings.